The minimum atomic E-state index is -0.156. The Balaban J connectivity index is 2.15. The Morgan fingerprint density at radius 2 is 2.28 bits per heavy atom. The third-order valence-electron chi connectivity index (χ3n) is 4.15. The molecule has 1 aromatic carbocycles. The van der Waals surface area contributed by atoms with Crippen molar-refractivity contribution in [2.45, 2.75) is 44.4 Å². The Hall–Kier alpha value is -1.44. The lowest BCUT2D eigenvalue weighted by Crippen LogP contribution is -2.36. The van der Waals surface area contributed by atoms with Gasteiger partial charge in [-0.3, -0.25) is 4.99 Å². The van der Waals surface area contributed by atoms with Crippen molar-refractivity contribution < 1.29 is 4.39 Å². The Kier molecular flexibility index (Phi) is 2.61. The third kappa shape index (κ3) is 1.63. The lowest BCUT2D eigenvalue weighted by Gasteiger charge is -2.36. The van der Waals surface area contributed by atoms with E-state index < -0.39 is 0 Å². The van der Waals surface area contributed by atoms with Crippen LogP contribution < -0.4 is 0 Å². The first-order valence-electron chi connectivity index (χ1n) is 6.64. The van der Waals surface area contributed by atoms with Crippen LogP contribution in [0.15, 0.2) is 35.3 Å². The van der Waals surface area contributed by atoms with E-state index >= 15 is 0 Å². The van der Waals surface area contributed by atoms with Crippen molar-refractivity contribution in [3.63, 3.8) is 0 Å². The van der Waals surface area contributed by atoms with Crippen LogP contribution in [-0.4, -0.2) is 5.71 Å². The van der Waals surface area contributed by atoms with Crippen LogP contribution in [0.4, 0.5) is 10.1 Å². The zero-order valence-electron chi connectivity index (χ0n) is 10.8. The molecule has 0 bridgehead atoms. The smallest absolute Gasteiger partial charge is 0.123 e. The van der Waals surface area contributed by atoms with Gasteiger partial charge in [-0.1, -0.05) is 12.0 Å². The van der Waals surface area contributed by atoms with E-state index in [0.717, 1.165) is 36.1 Å². The minimum absolute atomic E-state index is 0.0541. The number of allylic oxidation sites excluding steroid dienone is 1. The summed E-state index contributed by atoms with van der Waals surface area (Å²) < 4.78 is 13.6. The Bertz CT molecular complexity index is 544. The van der Waals surface area contributed by atoms with E-state index in [1.807, 2.05) is 6.07 Å². The molecule has 1 saturated carbocycles. The first-order chi connectivity index (χ1) is 8.62. The van der Waals surface area contributed by atoms with Crippen molar-refractivity contribution in [1.82, 2.24) is 0 Å². The van der Waals surface area contributed by atoms with E-state index in [0.29, 0.717) is 0 Å². The predicted molar refractivity (Wildman–Crippen MR) is 73.1 cm³/mol. The Morgan fingerprint density at radius 1 is 1.44 bits per heavy atom. The number of nitrogens with zero attached hydrogens (tertiary/aromatic N) is 1. The van der Waals surface area contributed by atoms with Gasteiger partial charge in [0, 0.05) is 11.1 Å². The fourth-order valence-corrected chi connectivity index (χ4v) is 3.49. The molecular formula is C16H18FN. The maximum Gasteiger partial charge on any atom is 0.123 e. The molecular weight excluding hydrogens is 225 g/mol. The lowest BCUT2D eigenvalue weighted by atomic mass is 9.66. The van der Waals surface area contributed by atoms with Gasteiger partial charge in [0.1, 0.15) is 5.82 Å². The summed E-state index contributed by atoms with van der Waals surface area (Å²) in [7, 11) is 0. The summed E-state index contributed by atoms with van der Waals surface area (Å²) in [4.78, 5) is 4.75. The molecule has 1 heterocycles. The molecule has 1 aliphatic heterocycles. The molecule has 94 valence electrons. The number of halogens is 1. The van der Waals surface area contributed by atoms with Crippen molar-refractivity contribution in [2.75, 3.05) is 0 Å². The Labute approximate surface area is 107 Å². The highest BCUT2D eigenvalue weighted by molar-refractivity contribution is 6.02. The number of benzene rings is 1. The van der Waals surface area contributed by atoms with Gasteiger partial charge in [0.25, 0.3) is 0 Å². The van der Waals surface area contributed by atoms with Crippen LogP contribution in [0.3, 0.4) is 0 Å². The van der Waals surface area contributed by atoms with Crippen molar-refractivity contribution in [3.8, 4) is 0 Å². The highest BCUT2D eigenvalue weighted by atomic mass is 19.1. The second kappa shape index (κ2) is 4.04. The SMILES string of the molecule is C=C(C)C[C@@]12CCCCC1=Nc1ccc(F)cc12. The maximum atomic E-state index is 13.6. The molecule has 1 atom stereocenters. The molecule has 1 fully saturated rings. The normalized spacial score (nSPS) is 25.3. The molecule has 0 radical (unpaired) electrons. The van der Waals surface area contributed by atoms with Crippen molar-refractivity contribution in [2.24, 2.45) is 4.99 Å². The molecule has 0 spiro atoms. The van der Waals surface area contributed by atoms with Gasteiger partial charge in [-0.2, -0.15) is 0 Å². The van der Waals surface area contributed by atoms with Gasteiger partial charge in [-0.05, 0) is 56.4 Å². The first kappa shape index (κ1) is 11.6. The molecule has 0 saturated heterocycles. The average molecular weight is 243 g/mol. The quantitative estimate of drug-likeness (QED) is 0.668. The molecule has 18 heavy (non-hydrogen) atoms. The second-order valence-corrected chi connectivity index (χ2v) is 5.64. The molecule has 0 aromatic heterocycles. The monoisotopic (exact) mass is 243 g/mol. The zero-order chi connectivity index (χ0) is 12.8. The molecule has 2 heteroatoms. The maximum absolute atomic E-state index is 13.6. The summed E-state index contributed by atoms with van der Waals surface area (Å²) in [5.74, 6) is -0.156. The topological polar surface area (TPSA) is 12.4 Å². The van der Waals surface area contributed by atoms with Crippen molar-refractivity contribution >= 4 is 11.4 Å². The van der Waals surface area contributed by atoms with Gasteiger partial charge in [-0.25, -0.2) is 4.39 Å². The summed E-state index contributed by atoms with van der Waals surface area (Å²) in [6.07, 6.45) is 5.43. The number of hydrogen-bond donors (Lipinski definition) is 0. The second-order valence-electron chi connectivity index (χ2n) is 5.64. The number of hydrogen-bond acceptors (Lipinski definition) is 1. The van der Waals surface area contributed by atoms with Crippen molar-refractivity contribution in [3.05, 3.63) is 41.7 Å². The Morgan fingerprint density at radius 3 is 3.06 bits per heavy atom. The van der Waals surface area contributed by atoms with E-state index in [1.165, 1.54) is 24.6 Å². The molecule has 0 unspecified atom stereocenters. The highest BCUT2D eigenvalue weighted by Crippen LogP contribution is 2.50. The van der Waals surface area contributed by atoms with Crippen LogP contribution in [0.1, 0.15) is 44.6 Å². The third-order valence-corrected chi connectivity index (χ3v) is 4.15. The van der Waals surface area contributed by atoms with Crippen LogP contribution in [0.2, 0.25) is 0 Å². The van der Waals surface area contributed by atoms with E-state index in [4.69, 9.17) is 4.99 Å². The molecule has 1 aliphatic carbocycles. The van der Waals surface area contributed by atoms with Crippen LogP contribution in [0.5, 0.6) is 0 Å². The standard InChI is InChI=1S/C16H18FN/c1-11(2)10-16-8-4-3-5-15(16)18-14-7-6-12(17)9-13(14)16/h6-7,9H,1,3-5,8,10H2,2H3/t16-/m1/s1. The molecule has 1 aromatic rings. The van der Waals surface area contributed by atoms with Gasteiger partial charge < -0.3 is 0 Å². The van der Waals surface area contributed by atoms with E-state index in [1.54, 1.807) is 6.07 Å². The van der Waals surface area contributed by atoms with Crippen LogP contribution in [0.25, 0.3) is 0 Å². The van der Waals surface area contributed by atoms with Gasteiger partial charge in [0.05, 0.1) is 5.69 Å². The van der Waals surface area contributed by atoms with Crippen LogP contribution in [-0.2, 0) is 5.41 Å². The first-order valence-corrected chi connectivity index (χ1v) is 6.64. The molecule has 0 amide bonds. The summed E-state index contributed by atoms with van der Waals surface area (Å²) >= 11 is 0. The molecule has 0 N–H and O–H groups in total. The van der Waals surface area contributed by atoms with Crippen LogP contribution in [0, 0.1) is 5.82 Å². The van der Waals surface area contributed by atoms with Crippen molar-refractivity contribution in [1.29, 1.82) is 0 Å². The number of fused-ring (bicyclic) bond motifs is 3. The van der Waals surface area contributed by atoms with Gasteiger partial charge in [-0.15, -0.1) is 6.58 Å². The average Bonchev–Trinajstić information content (AvgIpc) is 2.62. The summed E-state index contributed by atoms with van der Waals surface area (Å²) in [6, 6.07) is 5.00. The fraction of sp³-hybridized carbons (Fsp3) is 0.438. The number of aliphatic imine (C=N–C) groups is 1. The highest BCUT2D eigenvalue weighted by Gasteiger charge is 2.44. The largest absolute Gasteiger partial charge is 0.257 e. The van der Waals surface area contributed by atoms with Gasteiger partial charge in [0.15, 0.2) is 0 Å². The van der Waals surface area contributed by atoms with Crippen LogP contribution >= 0.6 is 0 Å². The van der Waals surface area contributed by atoms with Gasteiger partial charge in [0.2, 0.25) is 0 Å². The molecule has 2 aliphatic rings. The summed E-state index contributed by atoms with van der Waals surface area (Å²) in [5.41, 5.74) is 4.40. The van der Waals surface area contributed by atoms with E-state index in [-0.39, 0.29) is 11.2 Å². The summed E-state index contributed by atoms with van der Waals surface area (Å²) in [5, 5.41) is 0. The lowest BCUT2D eigenvalue weighted by molar-refractivity contribution is 0.457. The predicted octanol–water partition coefficient (Wildman–Crippen LogP) is 4.69. The van der Waals surface area contributed by atoms with Gasteiger partial charge >= 0.3 is 0 Å². The molecule has 3 rings (SSSR count). The molecule has 1 nitrogen and oxygen atoms in total. The fourth-order valence-electron chi connectivity index (χ4n) is 3.49. The zero-order valence-corrected chi connectivity index (χ0v) is 10.8. The van der Waals surface area contributed by atoms with E-state index in [9.17, 15) is 4.39 Å². The summed E-state index contributed by atoms with van der Waals surface area (Å²) in [6.45, 7) is 6.10. The van der Waals surface area contributed by atoms with E-state index in [2.05, 4.69) is 13.5 Å². The minimum Gasteiger partial charge on any atom is -0.257 e. The number of rotatable bonds is 2.